The van der Waals surface area contributed by atoms with Gasteiger partial charge in [-0.3, -0.25) is 4.79 Å². The number of anilines is 1. The van der Waals surface area contributed by atoms with Crippen molar-refractivity contribution < 1.29 is 22.7 Å². The molecule has 1 aromatic heterocycles. The van der Waals surface area contributed by atoms with Gasteiger partial charge in [0.15, 0.2) is 0 Å². The lowest BCUT2D eigenvalue weighted by Gasteiger charge is -2.30. The van der Waals surface area contributed by atoms with Crippen LogP contribution in [0.15, 0.2) is 18.2 Å². The monoisotopic (exact) mass is 329 g/mol. The summed E-state index contributed by atoms with van der Waals surface area (Å²) in [5, 5.41) is 2.48. The van der Waals surface area contributed by atoms with Gasteiger partial charge in [-0.05, 0) is 25.0 Å². The third kappa shape index (κ3) is 2.99. The van der Waals surface area contributed by atoms with Crippen molar-refractivity contribution in [3.63, 3.8) is 0 Å². The summed E-state index contributed by atoms with van der Waals surface area (Å²) >= 11 is 0. The summed E-state index contributed by atoms with van der Waals surface area (Å²) in [5.74, 6) is -1.69. The van der Waals surface area contributed by atoms with Gasteiger partial charge in [0.1, 0.15) is 17.4 Å². The second kappa shape index (κ2) is 5.67. The number of fused-ring (bicyclic) bond motifs is 2. The quantitative estimate of drug-likeness (QED) is 0.921. The zero-order valence-corrected chi connectivity index (χ0v) is 12.8. The average molecular weight is 329 g/mol. The van der Waals surface area contributed by atoms with Gasteiger partial charge in [0.2, 0.25) is 0 Å². The van der Waals surface area contributed by atoms with Crippen molar-refractivity contribution in [3.8, 4) is 0 Å². The molecule has 0 aliphatic carbocycles. The van der Waals surface area contributed by atoms with Crippen LogP contribution in [0.1, 0.15) is 23.3 Å². The molecule has 2 aliphatic heterocycles. The Labute approximate surface area is 131 Å². The van der Waals surface area contributed by atoms with Crippen molar-refractivity contribution in [2.75, 3.05) is 19.0 Å². The fraction of sp³-hybridized carbons (Fsp3) is 0.600. The summed E-state index contributed by atoms with van der Waals surface area (Å²) in [4.78, 5) is 18.2. The fourth-order valence-electron chi connectivity index (χ4n) is 3.30. The molecule has 126 valence electrons. The average Bonchev–Trinajstić information content (AvgIpc) is 3.07. The summed E-state index contributed by atoms with van der Waals surface area (Å²) in [6.07, 6.45) is -4.90. The fourth-order valence-corrected chi connectivity index (χ4v) is 3.30. The predicted molar refractivity (Wildman–Crippen MR) is 77.3 cm³/mol. The van der Waals surface area contributed by atoms with Crippen LogP contribution in [0, 0.1) is 5.92 Å². The first-order valence-electron chi connectivity index (χ1n) is 7.45. The van der Waals surface area contributed by atoms with Crippen LogP contribution in [0.4, 0.5) is 19.0 Å². The number of nitrogens with zero attached hydrogens (tertiary/aromatic N) is 2. The lowest BCUT2D eigenvalue weighted by Crippen LogP contribution is -2.52. The molecule has 8 heteroatoms. The number of carbonyl (C=O) groups is 1. The van der Waals surface area contributed by atoms with Crippen LogP contribution in [-0.2, 0) is 4.74 Å². The van der Waals surface area contributed by atoms with Crippen molar-refractivity contribution in [2.24, 2.45) is 5.92 Å². The molecule has 2 aliphatic rings. The third-order valence-electron chi connectivity index (χ3n) is 4.37. The minimum absolute atomic E-state index is 0.0971. The second-order valence-electron chi connectivity index (χ2n) is 6.13. The van der Waals surface area contributed by atoms with Gasteiger partial charge in [0, 0.05) is 14.1 Å². The molecule has 1 amide bonds. The van der Waals surface area contributed by atoms with Gasteiger partial charge < -0.3 is 15.0 Å². The van der Waals surface area contributed by atoms with Crippen LogP contribution in [0.5, 0.6) is 0 Å². The number of halogens is 3. The molecular weight excluding hydrogens is 311 g/mol. The molecule has 3 rings (SSSR count). The molecule has 0 saturated carbocycles. The number of pyridine rings is 1. The summed E-state index contributed by atoms with van der Waals surface area (Å²) in [6.45, 7) is 0. The first-order valence-corrected chi connectivity index (χ1v) is 7.45. The van der Waals surface area contributed by atoms with E-state index in [-0.39, 0.29) is 5.69 Å². The largest absolute Gasteiger partial charge is 0.396 e. The molecule has 4 atom stereocenters. The van der Waals surface area contributed by atoms with E-state index in [1.54, 1.807) is 31.1 Å². The molecule has 23 heavy (non-hydrogen) atoms. The Morgan fingerprint density at radius 1 is 1.30 bits per heavy atom. The minimum atomic E-state index is -4.39. The molecular formula is C15H18F3N3O2. The van der Waals surface area contributed by atoms with Crippen molar-refractivity contribution in [1.82, 2.24) is 10.3 Å². The number of ether oxygens (including phenoxy) is 1. The number of hydrogen-bond acceptors (Lipinski definition) is 4. The molecule has 2 bridgehead atoms. The first-order chi connectivity index (χ1) is 10.8. The maximum absolute atomic E-state index is 13.2. The number of hydrogen-bond donors (Lipinski definition) is 1. The third-order valence-corrected chi connectivity index (χ3v) is 4.37. The number of alkyl halides is 3. The molecule has 1 N–H and O–H groups in total. The van der Waals surface area contributed by atoms with Crippen LogP contribution in [-0.4, -0.2) is 49.4 Å². The van der Waals surface area contributed by atoms with Gasteiger partial charge in [-0.2, -0.15) is 13.2 Å². The number of rotatable bonds is 3. The van der Waals surface area contributed by atoms with Gasteiger partial charge in [-0.15, -0.1) is 0 Å². The minimum Gasteiger partial charge on any atom is -0.372 e. The van der Waals surface area contributed by atoms with Gasteiger partial charge in [-0.1, -0.05) is 6.07 Å². The number of nitrogens with one attached hydrogen (secondary N) is 1. The molecule has 0 spiro atoms. The molecule has 3 heterocycles. The Hall–Kier alpha value is -1.83. The van der Waals surface area contributed by atoms with Crippen molar-refractivity contribution in [2.45, 2.75) is 37.3 Å². The summed E-state index contributed by atoms with van der Waals surface area (Å²) in [5.41, 5.74) is 0.0971. The smallest absolute Gasteiger partial charge is 0.372 e. The van der Waals surface area contributed by atoms with E-state index in [2.05, 4.69) is 10.3 Å². The van der Waals surface area contributed by atoms with Crippen molar-refractivity contribution in [3.05, 3.63) is 23.9 Å². The Bertz CT molecular complexity index is 606. The second-order valence-corrected chi connectivity index (χ2v) is 6.13. The molecule has 0 aromatic carbocycles. The number of aromatic nitrogens is 1. The predicted octanol–water partition coefficient (Wildman–Crippen LogP) is 1.99. The van der Waals surface area contributed by atoms with E-state index in [0.29, 0.717) is 18.7 Å². The van der Waals surface area contributed by atoms with E-state index < -0.39 is 36.3 Å². The molecule has 5 nitrogen and oxygen atoms in total. The summed E-state index contributed by atoms with van der Waals surface area (Å²) < 4.78 is 45.1. The Balaban J connectivity index is 1.78. The Kier molecular flexibility index (Phi) is 3.95. The van der Waals surface area contributed by atoms with E-state index in [0.717, 1.165) is 0 Å². The maximum Gasteiger partial charge on any atom is 0.396 e. The van der Waals surface area contributed by atoms with E-state index in [4.69, 9.17) is 4.74 Å². The standard InChI is InChI=1S/C15H18F3N3O2/c1-21(2)11-5-3-4-8(19-11)14(22)20-13-10-7-6-9(23-10)12(13)15(16,17)18/h3-5,9-10,12-13H,6-7H2,1-2H3,(H,20,22)/t9-,10+,12-,13-/m0/s1. The number of carbonyl (C=O) groups excluding carboxylic acids is 1. The highest BCUT2D eigenvalue weighted by molar-refractivity contribution is 5.93. The highest BCUT2D eigenvalue weighted by Gasteiger charge is 2.60. The van der Waals surface area contributed by atoms with Gasteiger partial charge >= 0.3 is 6.18 Å². The van der Waals surface area contributed by atoms with E-state index in [1.807, 2.05) is 0 Å². The zero-order valence-electron chi connectivity index (χ0n) is 12.8. The topological polar surface area (TPSA) is 54.5 Å². The Morgan fingerprint density at radius 3 is 2.65 bits per heavy atom. The summed E-state index contributed by atoms with van der Waals surface area (Å²) in [6, 6.07) is 3.80. The molecule has 0 unspecified atom stereocenters. The lowest BCUT2D eigenvalue weighted by atomic mass is 9.84. The SMILES string of the molecule is CN(C)c1cccc(C(=O)N[C@@H]2[C@@H](C(F)(F)F)[C@@H]3CC[C@H]2O3)n1. The molecule has 2 saturated heterocycles. The Morgan fingerprint density at radius 2 is 2.00 bits per heavy atom. The normalized spacial score (nSPS) is 29.6. The van der Waals surface area contributed by atoms with Crippen LogP contribution in [0.25, 0.3) is 0 Å². The highest BCUT2D eigenvalue weighted by atomic mass is 19.4. The molecule has 2 fully saturated rings. The van der Waals surface area contributed by atoms with E-state index in [9.17, 15) is 18.0 Å². The van der Waals surface area contributed by atoms with Crippen molar-refractivity contribution in [1.29, 1.82) is 0 Å². The van der Waals surface area contributed by atoms with Crippen LogP contribution in [0.2, 0.25) is 0 Å². The zero-order chi connectivity index (χ0) is 16.8. The van der Waals surface area contributed by atoms with Crippen LogP contribution in [0.3, 0.4) is 0 Å². The van der Waals surface area contributed by atoms with Crippen LogP contribution < -0.4 is 10.2 Å². The molecule has 1 aromatic rings. The first kappa shape index (κ1) is 16.0. The van der Waals surface area contributed by atoms with Crippen molar-refractivity contribution >= 4 is 11.7 Å². The van der Waals surface area contributed by atoms with Gasteiger partial charge in [0.25, 0.3) is 5.91 Å². The van der Waals surface area contributed by atoms with E-state index in [1.165, 1.54) is 6.07 Å². The van der Waals surface area contributed by atoms with Gasteiger partial charge in [-0.25, -0.2) is 4.98 Å². The highest BCUT2D eigenvalue weighted by Crippen LogP contribution is 2.46. The summed E-state index contributed by atoms with van der Waals surface area (Å²) in [7, 11) is 3.54. The van der Waals surface area contributed by atoms with E-state index >= 15 is 0 Å². The van der Waals surface area contributed by atoms with Crippen LogP contribution >= 0.6 is 0 Å². The molecule has 0 radical (unpaired) electrons. The lowest BCUT2D eigenvalue weighted by molar-refractivity contribution is -0.190. The maximum atomic E-state index is 13.2. The van der Waals surface area contributed by atoms with Gasteiger partial charge in [0.05, 0.1) is 18.2 Å². The number of amides is 1.